The van der Waals surface area contributed by atoms with Gasteiger partial charge in [-0.25, -0.2) is 9.67 Å². The van der Waals surface area contributed by atoms with E-state index in [2.05, 4.69) is 51.7 Å². The molecule has 1 aliphatic rings. The average Bonchev–Trinajstić information content (AvgIpc) is 3.38. The van der Waals surface area contributed by atoms with Gasteiger partial charge in [0.2, 0.25) is 0 Å². The van der Waals surface area contributed by atoms with Gasteiger partial charge in [-0.1, -0.05) is 6.07 Å². The van der Waals surface area contributed by atoms with Crippen molar-refractivity contribution in [3.63, 3.8) is 0 Å². The second-order valence-corrected chi connectivity index (χ2v) is 8.59. The highest BCUT2D eigenvalue weighted by atomic mass is 32.1. The summed E-state index contributed by atoms with van der Waals surface area (Å²) < 4.78 is 7.38. The number of carbonyl (C=O) groups is 1. The third kappa shape index (κ3) is 4.19. The minimum Gasteiger partial charge on any atom is -0.379 e. The fourth-order valence-corrected chi connectivity index (χ4v) is 4.60. The van der Waals surface area contributed by atoms with Crippen molar-refractivity contribution < 1.29 is 9.53 Å². The smallest absolute Gasteiger partial charge is 0.253 e. The number of ether oxygens (including phenoxy) is 1. The van der Waals surface area contributed by atoms with Gasteiger partial charge < -0.3 is 10.1 Å². The predicted molar refractivity (Wildman–Crippen MR) is 114 cm³/mol. The van der Waals surface area contributed by atoms with Crippen LogP contribution in [0.5, 0.6) is 0 Å². The molecule has 1 fully saturated rings. The van der Waals surface area contributed by atoms with Crippen molar-refractivity contribution in [3.05, 3.63) is 45.9 Å². The second kappa shape index (κ2) is 8.61. The van der Waals surface area contributed by atoms with Gasteiger partial charge in [0.25, 0.3) is 5.91 Å². The lowest BCUT2D eigenvalue weighted by molar-refractivity contribution is 0.0169. The molecule has 29 heavy (non-hydrogen) atoms. The quantitative estimate of drug-likeness (QED) is 0.672. The fourth-order valence-electron chi connectivity index (χ4n) is 3.74. The zero-order valence-electron chi connectivity index (χ0n) is 17.1. The van der Waals surface area contributed by atoms with E-state index in [9.17, 15) is 4.79 Å². The van der Waals surface area contributed by atoms with Gasteiger partial charge in [-0.3, -0.25) is 9.69 Å². The summed E-state index contributed by atoms with van der Waals surface area (Å²) in [5.74, 6) is -0.0935. The summed E-state index contributed by atoms with van der Waals surface area (Å²) in [6, 6.07) is 6.47. The number of carbonyl (C=O) groups excluding carboxylic acids is 1. The van der Waals surface area contributed by atoms with Crippen LogP contribution in [0.15, 0.2) is 29.8 Å². The van der Waals surface area contributed by atoms with Crippen LogP contribution < -0.4 is 5.32 Å². The number of aromatic nitrogens is 3. The first kappa shape index (κ1) is 20.0. The molecule has 1 unspecified atom stereocenters. The highest BCUT2D eigenvalue weighted by Gasteiger charge is 2.24. The Hall–Kier alpha value is -2.29. The first-order valence-corrected chi connectivity index (χ1v) is 10.9. The van der Waals surface area contributed by atoms with Crippen molar-refractivity contribution in [2.75, 3.05) is 32.8 Å². The maximum Gasteiger partial charge on any atom is 0.253 e. The van der Waals surface area contributed by atoms with Crippen LogP contribution in [0.3, 0.4) is 0 Å². The molecule has 0 aromatic carbocycles. The number of fused-ring (bicyclic) bond motifs is 1. The fraction of sp³-hybridized carbons (Fsp3) is 0.476. The summed E-state index contributed by atoms with van der Waals surface area (Å²) in [6.45, 7) is 9.79. The van der Waals surface area contributed by atoms with Crippen LogP contribution in [0, 0.1) is 6.92 Å². The monoisotopic (exact) mass is 413 g/mol. The van der Waals surface area contributed by atoms with Crippen molar-refractivity contribution in [2.24, 2.45) is 0 Å². The molecule has 0 aliphatic carbocycles. The van der Waals surface area contributed by atoms with Crippen LogP contribution in [0.4, 0.5) is 0 Å². The maximum atomic E-state index is 13.0. The molecule has 8 heteroatoms. The number of nitrogens with one attached hydrogen (secondary N) is 1. The molecule has 0 bridgehead atoms. The van der Waals surface area contributed by atoms with Gasteiger partial charge in [0, 0.05) is 35.9 Å². The number of hydrogen-bond acceptors (Lipinski definition) is 6. The highest BCUT2D eigenvalue weighted by molar-refractivity contribution is 7.10. The number of nitrogens with zero attached hydrogens (tertiary/aromatic N) is 4. The van der Waals surface area contributed by atoms with E-state index in [1.807, 2.05) is 17.7 Å². The number of amides is 1. The lowest BCUT2D eigenvalue weighted by atomic mass is 10.1. The number of thiophene rings is 1. The van der Waals surface area contributed by atoms with Gasteiger partial charge in [0.15, 0.2) is 5.65 Å². The van der Waals surface area contributed by atoms with Crippen molar-refractivity contribution in [1.82, 2.24) is 25.0 Å². The van der Waals surface area contributed by atoms with Crippen molar-refractivity contribution in [1.29, 1.82) is 0 Å². The standard InChI is InChI=1S/C21H27N5O2S/c1-14(2)26-20-16(12-23-26)11-17(15(3)24-20)21(27)22-13-18(19-5-4-10-29-19)25-6-8-28-9-7-25/h4-5,10-12,14,18H,6-9,13H2,1-3H3,(H,22,27). The topological polar surface area (TPSA) is 72.3 Å². The molecule has 4 rings (SSSR count). The Morgan fingerprint density at radius 2 is 2.14 bits per heavy atom. The van der Waals surface area contributed by atoms with Gasteiger partial charge >= 0.3 is 0 Å². The summed E-state index contributed by atoms with van der Waals surface area (Å²) in [5, 5.41) is 10.5. The molecule has 3 aromatic rings. The first-order valence-electron chi connectivity index (χ1n) is 10.0. The third-order valence-corrected chi connectivity index (χ3v) is 6.28. The van der Waals surface area contributed by atoms with Crippen LogP contribution in [-0.2, 0) is 4.74 Å². The predicted octanol–water partition coefficient (Wildman–Crippen LogP) is 3.19. The van der Waals surface area contributed by atoms with Gasteiger partial charge in [-0.2, -0.15) is 5.10 Å². The van der Waals surface area contributed by atoms with Crippen molar-refractivity contribution in [3.8, 4) is 0 Å². The zero-order valence-corrected chi connectivity index (χ0v) is 17.9. The summed E-state index contributed by atoms with van der Waals surface area (Å²) in [4.78, 5) is 21.3. The van der Waals surface area contributed by atoms with Crippen LogP contribution in [0.25, 0.3) is 11.0 Å². The Kier molecular flexibility index (Phi) is 5.94. The van der Waals surface area contributed by atoms with Crippen LogP contribution in [0.1, 0.15) is 46.9 Å². The van der Waals surface area contributed by atoms with Crippen molar-refractivity contribution in [2.45, 2.75) is 32.9 Å². The molecular formula is C21H27N5O2S. The number of pyridine rings is 1. The maximum absolute atomic E-state index is 13.0. The molecule has 3 aromatic heterocycles. The third-order valence-electron chi connectivity index (χ3n) is 5.31. The minimum atomic E-state index is -0.0935. The van der Waals surface area contributed by atoms with E-state index in [0.717, 1.165) is 43.0 Å². The largest absolute Gasteiger partial charge is 0.379 e. The van der Waals surface area contributed by atoms with Gasteiger partial charge in [0.05, 0.1) is 36.7 Å². The summed E-state index contributed by atoms with van der Waals surface area (Å²) in [5.41, 5.74) is 2.14. The van der Waals surface area contributed by atoms with E-state index >= 15 is 0 Å². The molecule has 0 radical (unpaired) electrons. The Morgan fingerprint density at radius 3 is 2.83 bits per heavy atom. The van der Waals surface area contributed by atoms with E-state index in [0.29, 0.717) is 12.1 Å². The van der Waals surface area contributed by atoms with Gasteiger partial charge in [-0.05, 0) is 38.3 Å². The van der Waals surface area contributed by atoms with Crippen LogP contribution >= 0.6 is 11.3 Å². The molecule has 0 spiro atoms. The molecule has 154 valence electrons. The second-order valence-electron chi connectivity index (χ2n) is 7.61. The van der Waals surface area contributed by atoms with Crippen LogP contribution in [0.2, 0.25) is 0 Å². The molecule has 1 atom stereocenters. The first-order chi connectivity index (χ1) is 14.0. The van der Waals surface area contributed by atoms with Crippen LogP contribution in [-0.4, -0.2) is 58.4 Å². The molecule has 0 saturated carbocycles. The van der Waals surface area contributed by atoms with E-state index in [1.54, 1.807) is 17.5 Å². The number of morpholine rings is 1. The van der Waals surface area contributed by atoms with E-state index in [-0.39, 0.29) is 18.0 Å². The SMILES string of the molecule is Cc1nc2c(cnn2C(C)C)cc1C(=O)NCC(c1cccs1)N1CCOCC1. The minimum absolute atomic E-state index is 0.0935. The van der Waals surface area contributed by atoms with E-state index in [1.165, 1.54) is 4.88 Å². The Balaban J connectivity index is 1.52. The molecule has 4 heterocycles. The lowest BCUT2D eigenvalue weighted by Crippen LogP contribution is -2.43. The van der Waals surface area contributed by atoms with Gasteiger partial charge in [-0.15, -0.1) is 11.3 Å². The van der Waals surface area contributed by atoms with Crippen molar-refractivity contribution >= 4 is 28.3 Å². The number of hydrogen-bond donors (Lipinski definition) is 1. The summed E-state index contributed by atoms with van der Waals surface area (Å²) in [7, 11) is 0. The Morgan fingerprint density at radius 1 is 1.34 bits per heavy atom. The lowest BCUT2D eigenvalue weighted by Gasteiger charge is -2.34. The molecule has 1 amide bonds. The summed E-state index contributed by atoms with van der Waals surface area (Å²) in [6.07, 6.45) is 1.78. The zero-order chi connectivity index (χ0) is 20.4. The Labute approximate surface area is 174 Å². The number of aryl methyl sites for hydroxylation is 1. The highest BCUT2D eigenvalue weighted by Crippen LogP contribution is 2.26. The molecule has 1 N–H and O–H groups in total. The normalized spacial score (nSPS) is 16.4. The Bertz CT molecular complexity index is 977. The molecular weight excluding hydrogens is 386 g/mol. The molecule has 1 aliphatic heterocycles. The summed E-state index contributed by atoms with van der Waals surface area (Å²) >= 11 is 1.73. The average molecular weight is 414 g/mol. The molecule has 7 nitrogen and oxygen atoms in total. The van der Waals surface area contributed by atoms with E-state index < -0.39 is 0 Å². The molecule has 1 saturated heterocycles. The number of rotatable bonds is 6. The van der Waals surface area contributed by atoms with E-state index in [4.69, 9.17) is 4.74 Å². The van der Waals surface area contributed by atoms with Gasteiger partial charge in [0.1, 0.15) is 0 Å².